The number of benzene rings is 2. The Balaban J connectivity index is 0.00000210. The molecule has 1 amide bonds. The Morgan fingerprint density at radius 3 is 2.67 bits per heavy atom. The molecule has 3 aromatic rings. The van der Waals surface area contributed by atoms with Gasteiger partial charge < -0.3 is 15.2 Å². The second-order valence-electron chi connectivity index (χ2n) is 6.58. The molecular formula is C20H20Cl3N3O. The summed E-state index contributed by atoms with van der Waals surface area (Å²) in [6.07, 6.45) is 2.83. The molecule has 142 valence electrons. The predicted octanol–water partition coefficient (Wildman–Crippen LogP) is 4.55. The summed E-state index contributed by atoms with van der Waals surface area (Å²) >= 11 is 12.2. The Morgan fingerprint density at radius 2 is 1.89 bits per heavy atom. The van der Waals surface area contributed by atoms with Crippen molar-refractivity contribution in [1.82, 2.24) is 15.2 Å². The van der Waals surface area contributed by atoms with Crippen LogP contribution in [0.15, 0.2) is 48.7 Å². The Labute approximate surface area is 174 Å². The summed E-state index contributed by atoms with van der Waals surface area (Å²) in [6.45, 7) is 2.21. The number of nitrogens with zero attached hydrogens (tertiary/aromatic N) is 1. The first kappa shape index (κ1) is 20.0. The van der Waals surface area contributed by atoms with E-state index in [1.54, 1.807) is 18.2 Å². The van der Waals surface area contributed by atoms with Gasteiger partial charge in [0.2, 0.25) is 0 Å². The summed E-state index contributed by atoms with van der Waals surface area (Å²) < 4.78 is 0. The number of rotatable bonds is 3. The van der Waals surface area contributed by atoms with Gasteiger partial charge in [0, 0.05) is 58.4 Å². The van der Waals surface area contributed by atoms with E-state index in [2.05, 4.69) is 22.4 Å². The van der Waals surface area contributed by atoms with E-state index in [0.29, 0.717) is 22.2 Å². The number of carbonyl (C=O) groups excluding carboxylic acids is 1. The third-order valence-corrected chi connectivity index (χ3v) is 5.29. The molecule has 0 spiro atoms. The van der Waals surface area contributed by atoms with Crippen molar-refractivity contribution < 1.29 is 4.79 Å². The van der Waals surface area contributed by atoms with Crippen LogP contribution in [0.25, 0.3) is 10.9 Å². The number of amides is 1. The summed E-state index contributed by atoms with van der Waals surface area (Å²) in [5.41, 5.74) is 2.87. The number of fused-ring (bicyclic) bond motifs is 1. The van der Waals surface area contributed by atoms with Gasteiger partial charge in [-0.2, -0.15) is 0 Å². The number of piperazine rings is 1. The van der Waals surface area contributed by atoms with Gasteiger partial charge in [-0.1, -0.05) is 41.4 Å². The van der Waals surface area contributed by atoms with Gasteiger partial charge in [-0.3, -0.25) is 4.79 Å². The van der Waals surface area contributed by atoms with Gasteiger partial charge in [-0.25, -0.2) is 0 Å². The van der Waals surface area contributed by atoms with Crippen molar-refractivity contribution >= 4 is 52.4 Å². The Morgan fingerprint density at radius 1 is 1.15 bits per heavy atom. The van der Waals surface area contributed by atoms with E-state index in [1.807, 2.05) is 23.2 Å². The highest BCUT2D eigenvalue weighted by atomic mass is 35.5. The molecule has 1 saturated heterocycles. The van der Waals surface area contributed by atoms with Crippen molar-refractivity contribution in [1.29, 1.82) is 0 Å². The fourth-order valence-corrected chi connectivity index (χ4v) is 4.13. The standard InChI is InChI=1S/C20H19Cl2N3O.ClH/c21-15-7-13(8-16(22)10-15)20(26)25-6-5-23-12-17(25)9-14-11-24-19-4-2-1-3-18(14)19;/h1-4,7-8,10-11,17,23-24H,5-6,9,12H2;1H/t17-;/m1./s1. The highest BCUT2D eigenvalue weighted by molar-refractivity contribution is 6.35. The Kier molecular flexibility index (Phi) is 6.33. The molecule has 0 unspecified atom stereocenters. The number of para-hydroxylation sites is 1. The smallest absolute Gasteiger partial charge is 0.254 e. The van der Waals surface area contributed by atoms with Crippen molar-refractivity contribution in [3.05, 3.63) is 69.8 Å². The lowest BCUT2D eigenvalue weighted by atomic mass is 10.0. The molecule has 0 bridgehead atoms. The molecule has 1 aliphatic heterocycles. The van der Waals surface area contributed by atoms with Gasteiger partial charge >= 0.3 is 0 Å². The minimum atomic E-state index is -0.0271. The van der Waals surface area contributed by atoms with Crippen LogP contribution in [0.5, 0.6) is 0 Å². The molecule has 27 heavy (non-hydrogen) atoms. The molecule has 2 N–H and O–H groups in total. The number of hydrogen-bond donors (Lipinski definition) is 2. The topological polar surface area (TPSA) is 48.1 Å². The van der Waals surface area contributed by atoms with Crippen molar-refractivity contribution in [2.75, 3.05) is 19.6 Å². The molecular weight excluding hydrogens is 405 g/mol. The maximum Gasteiger partial charge on any atom is 0.254 e. The van der Waals surface area contributed by atoms with Crippen LogP contribution in [0.4, 0.5) is 0 Å². The van der Waals surface area contributed by atoms with Crippen LogP contribution in [-0.2, 0) is 6.42 Å². The molecule has 2 aromatic carbocycles. The monoisotopic (exact) mass is 423 g/mol. The fraction of sp³-hybridized carbons (Fsp3) is 0.250. The largest absolute Gasteiger partial charge is 0.361 e. The number of halogens is 3. The normalized spacial score (nSPS) is 17.0. The average Bonchev–Trinajstić information content (AvgIpc) is 3.04. The number of hydrogen-bond acceptors (Lipinski definition) is 2. The molecule has 2 heterocycles. The molecule has 1 aromatic heterocycles. The highest BCUT2D eigenvalue weighted by Crippen LogP contribution is 2.24. The van der Waals surface area contributed by atoms with Crippen molar-refractivity contribution in [2.24, 2.45) is 0 Å². The molecule has 1 aliphatic rings. The van der Waals surface area contributed by atoms with Crippen LogP contribution in [0.2, 0.25) is 10.0 Å². The van der Waals surface area contributed by atoms with Crippen molar-refractivity contribution in [3.63, 3.8) is 0 Å². The Bertz CT molecular complexity index is 936. The van der Waals surface area contributed by atoms with Crippen LogP contribution in [0.3, 0.4) is 0 Å². The first-order valence-electron chi connectivity index (χ1n) is 8.64. The summed E-state index contributed by atoms with van der Waals surface area (Å²) in [7, 11) is 0. The third kappa shape index (κ3) is 4.25. The van der Waals surface area contributed by atoms with Crippen LogP contribution in [0.1, 0.15) is 15.9 Å². The van der Waals surface area contributed by atoms with Gasteiger partial charge in [0.1, 0.15) is 0 Å². The number of aromatic amines is 1. The van der Waals surface area contributed by atoms with Crippen LogP contribution in [0, 0.1) is 0 Å². The molecule has 1 fully saturated rings. The number of H-pyrrole nitrogens is 1. The first-order valence-corrected chi connectivity index (χ1v) is 9.40. The number of aromatic nitrogens is 1. The summed E-state index contributed by atoms with van der Waals surface area (Å²) in [5, 5.41) is 5.56. The SMILES string of the molecule is Cl.O=C(c1cc(Cl)cc(Cl)c1)N1CCNC[C@H]1Cc1c[nH]c2ccccc12. The van der Waals surface area contributed by atoms with Gasteiger partial charge in [-0.15, -0.1) is 12.4 Å². The van der Waals surface area contributed by atoms with E-state index in [0.717, 1.165) is 25.0 Å². The van der Waals surface area contributed by atoms with Crippen molar-refractivity contribution in [3.8, 4) is 0 Å². The zero-order valence-electron chi connectivity index (χ0n) is 14.5. The zero-order chi connectivity index (χ0) is 18.1. The molecule has 4 rings (SSSR count). The van der Waals surface area contributed by atoms with Gasteiger partial charge in [0.05, 0.1) is 0 Å². The van der Waals surface area contributed by atoms with E-state index in [1.165, 1.54) is 10.9 Å². The summed E-state index contributed by atoms with van der Waals surface area (Å²) in [5.74, 6) is -0.0271. The number of carbonyl (C=O) groups is 1. The minimum Gasteiger partial charge on any atom is -0.361 e. The Hall–Kier alpha value is -1.72. The maximum atomic E-state index is 13.1. The maximum absolute atomic E-state index is 13.1. The van der Waals surface area contributed by atoms with Gasteiger partial charge in [0.15, 0.2) is 0 Å². The molecule has 1 atom stereocenters. The van der Waals surface area contributed by atoms with Crippen molar-refractivity contribution in [2.45, 2.75) is 12.5 Å². The van der Waals surface area contributed by atoms with E-state index in [4.69, 9.17) is 23.2 Å². The van der Waals surface area contributed by atoms with E-state index in [-0.39, 0.29) is 24.4 Å². The van der Waals surface area contributed by atoms with Crippen LogP contribution >= 0.6 is 35.6 Å². The third-order valence-electron chi connectivity index (χ3n) is 4.85. The van der Waals surface area contributed by atoms with Crippen LogP contribution < -0.4 is 5.32 Å². The molecule has 0 saturated carbocycles. The van der Waals surface area contributed by atoms with E-state index in [9.17, 15) is 4.79 Å². The summed E-state index contributed by atoms with van der Waals surface area (Å²) in [6, 6.07) is 13.3. The zero-order valence-corrected chi connectivity index (χ0v) is 16.9. The van der Waals surface area contributed by atoms with Gasteiger partial charge in [0.25, 0.3) is 5.91 Å². The van der Waals surface area contributed by atoms with Gasteiger partial charge in [-0.05, 0) is 36.2 Å². The molecule has 7 heteroatoms. The second kappa shape index (κ2) is 8.53. The summed E-state index contributed by atoms with van der Waals surface area (Å²) in [4.78, 5) is 18.3. The molecule has 0 aliphatic carbocycles. The van der Waals surface area contributed by atoms with Crippen LogP contribution in [-0.4, -0.2) is 41.5 Å². The lowest BCUT2D eigenvalue weighted by Gasteiger charge is -2.36. The van der Waals surface area contributed by atoms with E-state index < -0.39 is 0 Å². The second-order valence-corrected chi connectivity index (χ2v) is 7.45. The minimum absolute atomic E-state index is 0. The predicted molar refractivity (Wildman–Crippen MR) is 113 cm³/mol. The lowest BCUT2D eigenvalue weighted by molar-refractivity contribution is 0.0636. The highest BCUT2D eigenvalue weighted by Gasteiger charge is 2.28. The average molecular weight is 425 g/mol. The van der Waals surface area contributed by atoms with E-state index >= 15 is 0 Å². The molecule has 0 radical (unpaired) electrons. The lowest BCUT2D eigenvalue weighted by Crippen LogP contribution is -2.54. The first-order chi connectivity index (χ1) is 12.6. The fourth-order valence-electron chi connectivity index (χ4n) is 3.61. The quantitative estimate of drug-likeness (QED) is 0.648. The number of nitrogens with one attached hydrogen (secondary N) is 2. The molecule has 4 nitrogen and oxygen atoms in total.